The molecule has 3 rings (SSSR count). The third kappa shape index (κ3) is 2.91. The average Bonchev–Trinajstić information content (AvgIpc) is 2.95. The van der Waals surface area contributed by atoms with Gasteiger partial charge in [0.05, 0.1) is 11.3 Å². The van der Waals surface area contributed by atoms with E-state index in [9.17, 15) is 9.90 Å². The Hall–Kier alpha value is -3.35. The van der Waals surface area contributed by atoms with Gasteiger partial charge in [-0.25, -0.2) is 14.5 Å². The van der Waals surface area contributed by atoms with E-state index in [4.69, 9.17) is 11.1 Å². The Labute approximate surface area is 144 Å². The third-order valence-corrected chi connectivity index (χ3v) is 4.02. The number of H-pyrrole nitrogens is 1. The summed E-state index contributed by atoms with van der Waals surface area (Å²) in [5, 5.41) is 24.9. The summed E-state index contributed by atoms with van der Waals surface area (Å²) in [6, 6.07) is 10.4. The van der Waals surface area contributed by atoms with Gasteiger partial charge in [0.15, 0.2) is 5.82 Å². The highest BCUT2D eigenvalue weighted by molar-refractivity contribution is 6.04. The number of aromatic hydroxyl groups is 1. The number of phenolic OH excluding ortho intramolecular Hbond substituents is 1. The van der Waals surface area contributed by atoms with E-state index in [1.54, 1.807) is 12.1 Å². The Morgan fingerprint density at radius 2 is 2.12 bits per heavy atom. The predicted molar refractivity (Wildman–Crippen MR) is 97.6 cm³/mol. The molecule has 0 bridgehead atoms. The maximum Gasteiger partial charge on any atom is 0.348 e. The summed E-state index contributed by atoms with van der Waals surface area (Å²) in [4.78, 5) is 12.3. The average molecular weight is 337 g/mol. The van der Waals surface area contributed by atoms with E-state index in [1.807, 2.05) is 32.0 Å². The highest BCUT2D eigenvalue weighted by Gasteiger charge is 2.19. The third-order valence-electron chi connectivity index (χ3n) is 4.02. The number of nitrogens with two attached hydrogens (primary N) is 1. The Balaban J connectivity index is 2.25. The van der Waals surface area contributed by atoms with Crippen LogP contribution in [0.4, 0.5) is 5.69 Å². The second kappa shape index (κ2) is 6.27. The van der Waals surface area contributed by atoms with Gasteiger partial charge in [0.2, 0.25) is 0 Å². The minimum Gasteiger partial charge on any atom is -0.507 e. The first-order valence-electron chi connectivity index (χ1n) is 7.87. The fourth-order valence-corrected chi connectivity index (χ4v) is 2.72. The van der Waals surface area contributed by atoms with Crippen LogP contribution in [0.25, 0.3) is 17.1 Å². The van der Waals surface area contributed by atoms with E-state index >= 15 is 0 Å². The second-order valence-corrected chi connectivity index (χ2v) is 5.82. The van der Waals surface area contributed by atoms with Crippen LogP contribution in [-0.2, 0) is 0 Å². The number of rotatable bonds is 4. The first kappa shape index (κ1) is 16.5. The summed E-state index contributed by atoms with van der Waals surface area (Å²) >= 11 is 0. The normalized spacial score (nSPS) is 10.8. The van der Waals surface area contributed by atoms with Crippen molar-refractivity contribution in [2.24, 2.45) is 0 Å². The molecule has 2 aromatic carbocycles. The molecule has 0 aliphatic rings. The zero-order valence-corrected chi connectivity index (χ0v) is 14.0. The SMILES string of the molecule is CCC(=N)c1cc(-c2n[nH]c(=O)n2-c2cccc(C)c2)c(O)cc1N. The Kier molecular flexibility index (Phi) is 4.14. The molecule has 3 aromatic rings. The molecule has 0 radical (unpaired) electrons. The Morgan fingerprint density at radius 3 is 2.80 bits per heavy atom. The molecule has 0 saturated carbocycles. The van der Waals surface area contributed by atoms with E-state index in [-0.39, 0.29) is 11.6 Å². The highest BCUT2D eigenvalue weighted by Crippen LogP contribution is 2.33. The predicted octanol–water partition coefficient (Wildman–Crippen LogP) is 2.60. The maximum absolute atomic E-state index is 12.3. The molecular formula is C18H19N5O2. The van der Waals surface area contributed by atoms with Crippen molar-refractivity contribution in [3.8, 4) is 22.8 Å². The summed E-state index contributed by atoms with van der Waals surface area (Å²) < 4.78 is 1.39. The molecule has 128 valence electrons. The molecule has 25 heavy (non-hydrogen) atoms. The minimum absolute atomic E-state index is 0.0990. The highest BCUT2D eigenvalue weighted by atomic mass is 16.3. The molecule has 1 heterocycles. The quantitative estimate of drug-likeness (QED) is 0.432. The molecule has 0 amide bonds. The summed E-state index contributed by atoms with van der Waals surface area (Å²) in [5.74, 6) is 0.163. The van der Waals surface area contributed by atoms with Crippen LogP contribution in [0.15, 0.2) is 41.2 Å². The van der Waals surface area contributed by atoms with Crippen molar-refractivity contribution in [2.45, 2.75) is 20.3 Å². The van der Waals surface area contributed by atoms with Crippen molar-refractivity contribution in [1.82, 2.24) is 14.8 Å². The van der Waals surface area contributed by atoms with Crippen molar-refractivity contribution in [3.05, 3.63) is 58.0 Å². The van der Waals surface area contributed by atoms with Gasteiger partial charge in [-0.2, -0.15) is 5.10 Å². The summed E-state index contributed by atoms with van der Waals surface area (Å²) in [5.41, 5.74) is 8.65. The van der Waals surface area contributed by atoms with Gasteiger partial charge < -0.3 is 16.2 Å². The second-order valence-electron chi connectivity index (χ2n) is 5.82. The van der Waals surface area contributed by atoms with Crippen LogP contribution >= 0.6 is 0 Å². The summed E-state index contributed by atoms with van der Waals surface area (Å²) in [6.07, 6.45) is 0.500. The number of anilines is 1. The van der Waals surface area contributed by atoms with Crippen molar-refractivity contribution < 1.29 is 5.11 Å². The monoisotopic (exact) mass is 337 g/mol. The Bertz CT molecular complexity index is 1020. The fourth-order valence-electron chi connectivity index (χ4n) is 2.72. The van der Waals surface area contributed by atoms with Crippen LogP contribution < -0.4 is 11.4 Å². The molecule has 7 heteroatoms. The molecule has 7 nitrogen and oxygen atoms in total. The van der Waals surface area contributed by atoms with Gasteiger partial charge in [0.1, 0.15) is 5.75 Å². The van der Waals surface area contributed by atoms with Gasteiger partial charge in [-0.1, -0.05) is 19.1 Å². The van der Waals surface area contributed by atoms with Crippen molar-refractivity contribution in [3.63, 3.8) is 0 Å². The first-order valence-corrected chi connectivity index (χ1v) is 7.87. The van der Waals surface area contributed by atoms with Crippen LogP contribution in [0.3, 0.4) is 0 Å². The number of aryl methyl sites for hydroxylation is 1. The van der Waals surface area contributed by atoms with Crippen LogP contribution in [0.1, 0.15) is 24.5 Å². The number of phenols is 1. The van der Waals surface area contributed by atoms with E-state index in [1.165, 1.54) is 10.6 Å². The van der Waals surface area contributed by atoms with Gasteiger partial charge in [-0.05, 0) is 37.1 Å². The lowest BCUT2D eigenvalue weighted by Gasteiger charge is -2.12. The van der Waals surface area contributed by atoms with Crippen molar-refractivity contribution in [1.29, 1.82) is 5.41 Å². The van der Waals surface area contributed by atoms with E-state index in [2.05, 4.69) is 10.2 Å². The zero-order chi connectivity index (χ0) is 18.1. The number of aromatic nitrogens is 3. The number of hydrogen-bond acceptors (Lipinski definition) is 5. The molecule has 0 saturated heterocycles. The minimum atomic E-state index is -0.413. The van der Waals surface area contributed by atoms with Gasteiger partial charge in [-0.15, -0.1) is 0 Å². The summed E-state index contributed by atoms with van der Waals surface area (Å²) in [6.45, 7) is 3.78. The molecule has 0 atom stereocenters. The van der Waals surface area contributed by atoms with Crippen molar-refractivity contribution >= 4 is 11.4 Å². The van der Waals surface area contributed by atoms with E-state index in [0.29, 0.717) is 34.6 Å². The smallest absolute Gasteiger partial charge is 0.348 e. The van der Waals surface area contributed by atoms with Crippen LogP contribution in [-0.4, -0.2) is 25.6 Å². The molecule has 5 N–H and O–H groups in total. The van der Waals surface area contributed by atoms with Gasteiger partial charge in [0.25, 0.3) is 0 Å². The summed E-state index contributed by atoms with van der Waals surface area (Å²) in [7, 11) is 0. The number of nitrogen functional groups attached to an aromatic ring is 1. The van der Waals surface area contributed by atoms with Gasteiger partial charge in [0, 0.05) is 23.0 Å². The van der Waals surface area contributed by atoms with Crippen LogP contribution in [0.2, 0.25) is 0 Å². The Morgan fingerprint density at radius 1 is 1.36 bits per heavy atom. The number of nitrogens with one attached hydrogen (secondary N) is 2. The lowest BCUT2D eigenvalue weighted by Crippen LogP contribution is -2.16. The molecule has 0 unspecified atom stereocenters. The number of benzene rings is 2. The standard InChI is InChI=1S/C18H19N5O2/c1-3-14(19)12-8-13(16(24)9-15(12)20)17-21-22-18(25)23(17)11-6-4-5-10(2)7-11/h4-9,19,24H,3,20H2,1-2H3,(H,22,25). The zero-order valence-electron chi connectivity index (χ0n) is 14.0. The van der Waals surface area contributed by atoms with Gasteiger partial charge >= 0.3 is 5.69 Å². The topological polar surface area (TPSA) is 121 Å². The molecular weight excluding hydrogens is 318 g/mol. The first-order chi connectivity index (χ1) is 11.9. The molecule has 0 aliphatic carbocycles. The molecule has 0 fully saturated rings. The molecule has 0 aliphatic heterocycles. The lowest BCUT2D eigenvalue weighted by atomic mass is 10.0. The van der Waals surface area contributed by atoms with Crippen molar-refractivity contribution in [2.75, 3.05) is 5.73 Å². The van der Waals surface area contributed by atoms with E-state index in [0.717, 1.165) is 5.56 Å². The van der Waals surface area contributed by atoms with Crippen LogP contribution in [0, 0.1) is 12.3 Å². The van der Waals surface area contributed by atoms with E-state index < -0.39 is 5.69 Å². The van der Waals surface area contributed by atoms with Crippen LogP contribution in [0.5, 0.6) is 5.75 Å². The van der Waals surface area contributed by atoms with Gasteiger partial charge in [-0.3, -0.25) is 0 Å². The number of nitrogens with zero attached hydrogens (tertiary/aromatic N) is 2. The lowest BCUT2D eigenvalue weighted by molar-refractivity contribution is 0.477. The molecule has 1 aromatic heterocycles. The maximum atomic E-state index is 12.3. The molecule has 0 spiro atoms. The number of aromatic amines is 1. The number of hydrogen-bond donors (Lipinski definition) is 4. The largest absolute Gasteiger partial charge is 0.507 e. The fraction of sp³-hybridized carbons (Fsp3) is 0.167.